The van der Waals surface area contributed by atoms with Gasteiger partial charge in [-0.25, -0.2) is 35.6 Å². The molecule has 2 heterocycles. The van der Waals surface area contributed by atoms with E-state index in [0.717, 1.165) is 38.4 Å². The van der Waals surface area contributed by atoms with E-state index in [9.17, 15) is 65.2 Å². The fourth-order valence-corrected chi connectivity index (χ4v) is 13.1. The van der Waals surface area contributed by atoms with Gasteiger partial charge in [0.2, 0.25) is 20.0 Å². The van der Waals surface area contributed by atoms with Gasteiger partial charge in [0.05, 0.1) is 53.6 Å². The van der Waals surface area contributed by atoms with Crippen LogP contribution in [-0.4, -0.2) is 156 Å². The molecule has 0 spiro atoms. The molecule has 79 heavy (non-hydrogen) atoms. The number of non-ortho nitro benzene ring substituents is 1. The van der Waals surface area contributed by atoms with E-state index < -0.39 is 108 Å². The number of benzene rings is 3. The molecule has 6 rings (SSSR count). The molecule has 0 bridgehead atoms. The van der Waals surface area contributed by atoms with Gasteiger partial charge in [-0.1, -0.05) is 93.6 Å². The van der Waals surface area contributed by atoms with Crippen LogP contribution in [0.15, 0.2) is 114 Å². The van der Waals surface area contributed by atoms with Gasteiger partial charge in [0.1, 0.15) is 24.4 Å². The number of carbonyl (C=O) groups excluding carboxylic acids is 2. The molecule has 1 aliphatic carbocycles. The third kappa shape index (κ3) is 21.7. The zero-order valence-electron chi connectivity index (χ0n) is 43.8. The summed E-state index contributed by atoms with van der Waals surface area (Å²) in [5.74, 6) is -0.230. The monoisotopic (exact) mass is 1190 g/mol. The van der Waals surface area contributed by atoms with Crippen LogP contribution in [0.4, 0.5) is 15.3 Å². The van der Waals surface area contributed by atoms with Crippen LogP contribution in [0.5, 0.6) is 0 Å². The van der Waals surface area contributed by atoms with Crippen molar-refractivity contribution in [1.29, 1.82) is 0 Å². The van der Waals surface area contributed by atoms with Gasteiger partial charge >= 0.3 is 27.8 Å². The molecule has 30 heteroatoms. The normalized spacial score (nSPS) is 19.4. The summed E-state index contributed by atoms with van der Waals surface area (Å²) in [5.41, 5.74) is 7.31. The van der Waals surface area contributed by atoms with Crippen molar-refractivity contribution in [3.8, 4) is 0 Å². The molecule has 2 fully saturated rings. The first-order valence-electron chi connectivity index (χ1n) is 25.2. The summed E-state index contributed by atoms with van der Waals surface area (Å²) in [4.78, 5) is 74.7. The highest BCUT2D eigenvalue weighted by atomic mass is 32.2. The second-order valence-corrected chi connectivity index (χ2v) is 25.6. The SMILES string of the molecule is CC(C)CN(CC(OP(=O)(O)O)[C@H](Cc1ccccc1)NC(=O)OC1CCOC1)S(=O)(=O)c1ccc([N+](=O)[O-])cc1.CCCN(C[C@@H](OP(=O)(O)O)[C@H](Cc1ccccc1)NC(=O)O[C@H]1CCOC1)S(=O)(=O)C1C=CC(N)=CC1. The van der Waals surface area contributed by atoms with E-state index in [0.29, 0.717) is 43.7 Å². The minimum absolute atomic E-state index is 0.0227. The van der Waals surface area contributed by atoms with E-state index in [2.05, 4.69) is 10.6 Å². The van der Waals surface area contributed by atoms with Gasteiger partial charge in [0.15, 0.2) is 0 Å². The fraction of sp³-hybridized carbons (Fsp3) is 0.510. The first-order valence-corrected chi connectivity index (χ1v) is 31.3. The number of phosphoric acid groups is 2. The number of nitrogens with zero attached hydrogens (tertiary/aromatic N) is 3. The van der Waals surface area contributed by atoms with E-state index in [1.54, 1.807) is 87.5 Å². The van der Waals surface area contributed by atoms with Gasteiger partial charge in [-0.2, -0.15) is 8.61 Å². The number of sulfonamides is 2. The Balaban J connectivity index is 0.000000291. The molecule has 3 aliphatic rings. The largest absolute Gasteiger partial charge is 0.469 e. The summed E-state index contributed by atoms with van der Waals surface area (Å²) < 4.78 is 112. The van der Waals surface area contributed by atoms with Crippen LogP contribution < -0.4 is 16.4 Å². The fourth-order valence-electron chi connectivity index (χ4n) is 8.56. The Morgan fingerprint density at radius 1 is 0.759 bits per heavy atom. The second-order valence-electron chi connectivity index (χ2n) is 19.1. The van der Waals surface area contributed by atoms with Crippen molar-refractivity contribution in [2.24, 2.45) is 11.7 Å². The van der Waals surface area contributed by atoms with Gasteiger partial charge < -0.3 is 54.9 Å². The Morgan fingerprint density at radius 2 is 1.23 bits per heavy atom. The van der Waals surface area contributed by atoms with Gasteiger partial charge in [-0.3, -0.25) is 19.2 Å². The standard InChI is InChI=1S/C25H34N3O11PS.C24H36N3O9PS/c1-18(2)15-27(41(35,36)22-10-8-20(9-11-22)28(30)31)16-24(39-40(32,33)34)23(14-19-6-4-3-5-7-19)26-25(29)38-21-12-13-37-17-21;1-2-13-27(38(32,33)21-10-8-19(25)9-11-21)16-23(36-37(29,30)31)22(15-18-6-4-3-5-7-18)26-24(28)35-20-12-14-34-17-20/h3-11,18,21,23-24H,12-17H2,1-2H3,(H,26,29)(H2,32,33,34);3-10,20-23H,2,11-17,25H2,1H3,(H,26,28)(H2,29,30,31)/t21?,23-,24?;20-,21?,22-,23+/m00/s1. The van der Waals surface area contributed by atoms with Crippen LogP contribution in [0, 0.1) is 16.0 Å². The van der Waals surface area contributed by atoms with E-state index >= 15 is 0 Å². The number of ether oxygens (including phenoxy) is 4. The Labute approximate surface area is 459 Å². The second kappa shape index (κ2) is 30.1. The molecule has 0 radical (unpaired) electrons. The Morgan fingerprint density at radius 3 is 1.61 bits per heavy atom. The first-order chi connectivity index (χ1) is 37.2. The lowest BCUT2D eigenvalue weighted by molar-refractivity contribution is -0.384. The van der Waals surface area contributed by atoms with E-state index in [-0.39, 0.29) is 62.1 Å². The quantitative estimate of drug-likeness (QED) is 0.0310. The molecule has 3 aromatic carbocycles. The van der Waals surface area contributed by atoms with E-state index in [1.165, 1.54) is 12.2 Å². The maximum absolute atomic E-state index is 13.7. The van der Waals surface area contributed by atoms with Crippen molar-refractivity contribution in [3.05, 3.63) is 130 Å². The molecule has 0 aromatic heterocycles. The third-order valence-electron chi connectivity index (χ3n) is 12.3. The number of nitrogens with one attached hydrogen (secondary N) is 2. The van der Waals surface area contributed by atoms with Crippen molar-refractivity contribution in [3.63, 3.8) is 0 Å². The van der Waals surface area contributed by atoms with Crippen molar-refractivity contribution in [1.82, 2.24) is 19.2 Å². The van der Waals surface area contributed by atoms with Gasteiger partial charge in [0.25, 0.3) is 5.69 Å². The van der Waals surface area contributed by atoms with Gasteiger partial charge in [0, 0.05) is 56.9 Å². The molecule has 438 valence electrons. The number of nitrogens with two attached hydrogens (primary N) is 1. The molecular formula is C49H70N6O20P2S2. The van der Waals surface area contributed by atoms with Crippen molar-refractivity contribution >= 4 is 53.6 Å². The predicted octanol–water partition coefficient (Wildman–Crippen LogP) is 4.65. The van der Waals surface area contributed by atoms with Crippen LogP contribution in [-0.2, 0) is 70.0 Å². The Bertz CT molecular complexity index is 2830. The number of amides is 2. The van der Waals surface area contributed by atoms with Crippen LogP contribution in [0.3, 0.4) is 0 Å². The molecule has 3 unspecified atom stereocenters. The van der Waals surface area contributed by atoms with Crippen LogP contribution in [0.1, 0.15) is 57.6 Å². The van der Waals surface area contributed by atoms with Crippen molar-refractivity contribution in [2.45, 2.75) is 106 Å². The summed E-state index contributed by atoms with van der Waals surface area (Å²) >= 11 is 0. The van der Waals surface area contributed by atoms with Crippen LogP contribution in [0.25, 0.3) is 0 Å². The minimum atomic E-state index is -5.19. The lowest BCUT2D eigenvalue weighted by atomic mass is 10.0. The zero-order valence-corrected chi connectivity index (χ0v) is 47.2. The summed E-state index contributed by atoms with van der Waals surface area (Å²) in [6.07, 6.45) is 0.755. The zero-order chi connectivity index (χ0) is 58.0. The molecule has 2 aliphatic heterocycles. The van der Waals surface area contributed by atoms with E-state index in [1.807, 2.05) is 0 Å². The molecular weight excluding hydrogens is 1120 g/mol. The van der Waals surface area contributed by atoms with Crippen molar-refractivity contribution < 1.29 is 88.0 Å². The number of nitro benzene ring substituents is 1. The third-order valence-corrected chi connectivity index (χ3v) is 17.4. The smallest absolute Gasteiger partial charge is 0.444 e. The van der Waals surface area contributed by atoms with E-state index in [4.69, 9.17) is 33.7 Å². The summed E-state index contributed by atoms with van der Waals surface area (Å²) in [6.45, 7) is 5.63. The van der Waals surface area contributed by atoms with Crippen molar-refractivity contribution in [2.75, 3.05) is 52.6 Å². The molecule has 26 nitrogen and oxygen atoms in total. The number of alkyl carbamates (subject to hydrolysis) is 2. The average molecular weight is 1190 g/mol. The summed E-state index contributed by atoms with van der Waals surface area (Å²) in [6, 6.07) is 19.7. The Kier molecular flexibility index (Phi) is 24.6. The van der Waals surface area contributed by atoms with Gasteiger partial charge in [-0.15, -0.1) is 0 Å². The molecule has 7 atom stereocenters. The molecule has 2 saturated heterocycles. The topological polar surface area (TPSA) is 373 Å². The predicted molar refractivity (Wildman–Crippen MR) is 287 cm³/mol. The lowest BCUT2D eigenvalue weighted by Gasteiger charge is -2.34. The Hall–Kier alpha value is -5.16. The van der Waals surface area contributed by atoms with Crippen LogP contribution >= 0.6 is 15.6 Å². The molecule has 2 amide bonds. The highest BCUT2D eigenvalue weighted by Gasteiger charge is 2.40. The number of phosphoric ester groups is 2. The number of nitro groups is 1. The summed E-state index contributed by atoms with van der Waals surface area (Å²) in [7, 11) is -18.6. The lowest BCUT2D eigenvalue weighted by Crippen LogP contribution is -2.53. The average Bonchev–Trinajstić information content (AvgIpc) is 4.13. The maximum Gasteiger partial charge on any atom is 0.469 e. The summed E-state index contributed by atoms with van der Waals surface area (Å²) in [5, 5.41) is 15.4. The molecule has 8 N–H and O–H groups in total. The number of hydrogen-bond donors (Lipinski definition) is 7. The number of rotatable bonds is 27. The van der Waals surface area contributed by atoms with Crippen LogP contribution in [0.2, 0.25) is 0 Å². The number of carbonyl (C=O) groups is 2. The van der Waals surface area contributed by atoms with Gasteiger partial charge in [-0.05, 0) is 60.9 Å². The molecule has 3 aromatic rings. The molecule has 0 saturated carbocycles. The minimum Gasteiger partial charge on any atom is -0.444 e. The highest BCUT2D eigenvalue weighted by molar-refractivity contribution is 7.90. The first kappa shape index (κ1) is 64.7. The maximum atomic E-state index is 13.7. The number of hydrogen-bond acceptors (Lipinski definition) is 17. The highest BCUT2D eigenvalue weighted by Crippen LogP contribution is 2.40. The number of allylic oxidation sites excluding steroid dienone is 2.